The lowest BCUT2D eigenvalue weighted by molar-refractivity contribution is 0.0300. The largest absolute Gasteiger partial charge is 0.508 e. The average molecular weight is 427 g/mol. The molecule has 0 saturated carbocycles. The lowest BCUT2D eigenvalue weighted by Crippen LogP contribution is -2.19. The standard InChI is InChI=1S/C27H54O3/c1-5-9-13-17-21-25(19-15-11-7-3)23-29-27(28)30-24-26(20-16-12-8-4)22-18-14-10-6-2/h25-26H,5-24H2,1-4H3. The minimum absolute atomic E-state index is 0.446. The molecule has 0 N–H and O–H groups in total. The molecule has 0 aromatic carbocycles. The van der Waals surface area contributed by atoms with Crippen molar-refractivity contribution in [3.05, 3.63) is 0 Å². The number of carbonyl (C=O) groups is 1. The van der Waals surface area contributed by atoms with Crippen LogP contribution in [0.2, 0.25) is 0 Å². The molecule has 0 heterocycles. The molecule has 0 aromatic rings. The topological polar surface area (TPSA) is 35.5 Å². The van der Waals surface area contributed by atoms with Crippen LogP contribution >= 0.6 is 0 Å². The second-order valence-electron chi connectivity index (χ2n) is 9.29. The lowest BCUT2D eigenvalue weighted by Gasteiger charge is -2.19. The van der Waals surface area contributed by atoms with Gasteiger partial charge in [0.25, 0.3) is 0 Å². The summed E-state index contributed by atoms with van der Waals surface area (Å²) < 4.78 is 11.1. The smallest absolute Gasteiger partial charge is 0.434 e. The van der Waals surface area contributed by atoms with Crippen LogP contribution in [0.15, 0.2) is 0 Å². The van der Waals surface area contributed by atoms with Gasteiger partial charge >= 0.3 is 6.16 Å². The van der Waals surface area contributed by atoms with E-state index in [0.29, 0.717) is 25.0 Å². The first-order chi connectivity index (χ1) is 14.7. The van der Waals surface area contributed by atoms with E-state index in [1.807, 2.05) is 0 Å². The van der Waals surface area contributed by atoms with E-state index in [1.54, 1.807) is 0 Å². The Balaban J connectivity index is 4.26. The van der Waals surface area contributed by atoms with Gasteiger partial charge in [0.15, 0.2) is 0 Å². The van der Waals surface area contributed by atoms with Crippen molar-refractivity contribution in [2.45, 2.75) is 143 Å². The molecule has 0 aromatic heterocycles. The highest BCUT2D eigenvalue weighted by molar-refractivity contribution is 5.59. The molecule has 3 heteroatoms. The zero-order valence-electron chi connectivity index (χ0n) is 21.0. The minimum atomic E-state index is -0.446. The Kier molecular flexibility index (Phi) is 22.4. The van der Waals surface area contributed by atoms with Gasteiger partial charge in [-0.3, -0.25) is 0 Å². The van der Waals surface area contributed by atoms with Crippen molar-refractivity contribution in [2.75, 3.05) is 13.2 Å². The molecule has 0 aliphatic rings. The second-order valence-corrected chi connectivity index (χ2v) is 9.29. The highest BCUT2D eigenvalue weighted by Gasteiger charge is 2.15. The van der Waals surface area contributed by atoms with Gasteiger partial charge in [0, 0.05) is 0 Å². The lowest BCUT2D eigenvalue weighted by atomic mass is 9.95. The van der Waals surface area contributed by atoms with Gasteiger partial charge in [0.1, 0.15) is 0 Å². The van der Waals surface area contributed by atoms with Gasteiger partial charge in [-0.2, -0.15) is 0 Å². The molecule has 0 rings (SSSR count). The van der Waals surface area contributed by atoms with Crippen LogP contribution in [0.1, 0.15) is 143 Å². The third-order valence-electron chi connectivity index (χ3n) is 6.24. The molecule has 2 atom stereocenters. The van der Waals surface area contributed by atoms with Crippen LogP contribution < -0.4 is 0 Å². The van der Waals surface area contributed by atoms with E-state index in [1.165, 1.54) is 116 Å². The Morgan fingerprint density at radius 1 is 0.500 bits per heavy atom. The molecule has 3 nitrogen and oxygen atoms in total. The molecule has 30 heavy (non-hydrogen) atoms. The normalized spacial score (nSPS) is 13.2. The molecule has 0 aliphatic heterocycles. The van der Waals surface area contributed by atoms with Gasteiger partial charge in [0.2, 0.25) is 0 Å². The van der Waals surface area contributed by atoms with Gasteiger partial charge in [-0.15, -0.1) is 0 Å². The van der Waals surface area contributed by atoms with Crippen LogP contribution in [0.5, 0.6) is 0 Å². The van der Waals surface area contributed by atoms with E-state index in [4.69, 9.17) is 9.47 Å². The Bertz CT molecular complexity index is 324. The van der Waals surface area contributed by atoms with Crippen LogP contribution in [0.25, 0.3) is 0 Å². The fourth-order valence-corrected chi connectivity index (χ4v) is 4.12. The van der Waals surface area contributed by atoms with E-state index in [0.717, 1.165) is 0 Å². The Hall–Kier alpha value is -0.730. The van der Waals surface area contributed by atoms with E-state index in [-0.39, 0.29) is 0 Å². The van der Waals surface area contributed by atoms with E-state index in [9.17, 15) is 4.79 Å². The van der Waals surface area contributed by atoms with Crippen molar-refractivity contribution >= 4 is 6.16 Å². The number of unbranched alkanes of at least 4 members (excludes halogenated alkanes) is 10. The van der Waals surface area contributed by atoms with Crippen molar-refractivity contribution in [2.24, 2.45) is 11.8 Å². The highest BCUT2D eigenvalue weighted by Crippen LogP contribution is 2.20. The number of rotatable bonds is 22. The van der Waals surface area contributed by atoms with Crippen molar-refractivity contribution in [1.82, 2.24) is 0 Å². The zero-order valence-corrected chi connectivity index (χ0v) is 21.0. The summed E-state index contributed by atoms with van der Waals surface area (Å²) in [4.78, 5) is 12.2. The summed E-state index contributed by atoms with van der Waals surface area (Å²) in [5.74, 6) is 0.991. The fourth-order valence-electron chi connectivity index (χ4n) is 4.12. The number of carbonyl (C=O) groups excluding carboxylic acids is 1. The van der Waals surface area contributed by atoms with Crippen LogP contribution in [0.3, 0.4) is 0 Å². The van der Waals surface area contributed by atoms with Crippen molar-refractivity contribution < 1.29 is 14.3 Å². The SMILES string of the molecule is CCCCCCC(CCCCC)COC(=O)OCC(CCCCC)CCCCCC. The van der Waals surface area contributed by atoms with Gasteiger partial charge in [-0.25, -0.2) is 4.79 Å². The quantitative estimate of drug-likeness (QED) is 0.128. The molecule has 0 amide bonds. The summed E-state index contributed by atoms with van der Waals surface area (Å²) in [5, 5.41) is 0. The van der Waals surface area contributed by atoms with Crippen molar-refractivity contribution in [1.29, 1.82) is 0 Å². The summed E-state index contributed by atoms with van der Waals surface area (Å²) in [6.07, 6.45) is 22.0. The van der Waals surface area contributed by atoms with Crippen molar-refractivity contribution in [3.8, 4) is 0 Å². The summed E-state index contributed by atoms with van der Waals surface area (Å²) in [6, 6.07) is 0. The molecule has 0 saturated heterocycles. The second kappa shape index (κ2) is 22.9. The van der Waals surface area contributed by atoms with Gasteiger partial charge < -0.3 is 9.47 Å². The Labute approximate surface area is 189 Å². The van der Waals surface area contributed by atoms with Gasteiger partial charge in [-0.1, -0.05) is 118 Å². The van der Waals surface area contributed by atoms with E-state index in [2.05, 4.69) is 27.7 Å². The molecular weight excluding hydrogens is 372 g/mol. The summed E-state index contributed by atoms with van der Waals surface area (Å²) >= 11 is 0. The molecule has 0 fully saturated rings. The monoisotopic (exact) mass is 426 g/mol. The van der Waals surface area contributed by atoms with Crippen LogP contribution in [0.4, 0.5) is 4.79 Å². The molecule has 0 bridgehead atoms. The predicted molar refractivity (Wildman–Crippen MR) is 130 cm³/mol. The zero-order chi connectivity index (χ0) is 22.3. The third kappa shape index (κ3) is 19.2. The van der Waals surface area contributed by atoms with Gasteiger partial charge in [-0.05, 0) is 37.5 Å². The van der Waals surface area contributed by atoms with Crippen molar-refractivity contribution in [3.63, 3.8) is 0 Å². The summed E-state index contributed by atoms with van der Waals surface area (Å²) in [6.45, 7) is 10.0. The summed E-state index contributed by atoms with van der Waals surface area (Å²) in [7, 11) is 0. The third-order valence-corrected chi connectivity index (χ3v) is 6.24. The van der Waals surface area contributed by atoms with E-state index < -0.39 is 6.16 Å². The molecular formula is C27H54O3. The Morgan fingerprint density at radius 3 is 1.13 bits per heavy atom. The minimum Gasteiger partial charge on any atom is -0.434 e. The predicted octanol–water partition coefficient (Wildman–Crippen LogP) is 9.47. The number of hydrogen-bond donors (Lipinski definition) is 0. The molecule has 0 radical (unpaired) electrons. The van der Waals surface area contributed by atoms with Crippen LogP contribution in [-0.2, 0) is 9.47 Å². The maximum absolute atomic E-state index is 12.2. The Morgan fingerprint density at radius 2 is 0.800 bits per heavy atom. The molecule has 2 unspecified atom stereocenters. The fraction of sp³-hybridized carbons (Fsp3) is 0.963. The first-order valence-corrected chi connectivity index (χ1v) is 13.5. The maximum atomic E-state index is 12.2. The first-order valence-electron chi connectivity index (χ1n) is 13.5. The molecule has 180 valence electrons. The van der Waals surface area contributed by atoms with Gasteiger partial charge in [0.05, 0.1) is 13.2 Å². The average Bonchev–Trinajstić information content (AvgIpc) is 2.75. The molecule has 0 aliphatic carbocycles. The van der Waals surface area contributed by atoms with E-state index >= 15 is 0 Å². The van der Waals surface area contributed by atoms with Crippen LogP contribution in [-0.4, -0.2) is 19.4 Å². The summed E-state index contributed by atoms with van der Waals surface area (Å²) in [5.41, 5.74) is 0. The maximum Gasteiger partial charge on any atom is 0.508 e. The molecule has 0 spiro atoms. The van der Waals surface area contributed by atoms with Crippen LogP contribution in [0, 0.1) is 11.8 Å². The number of ether oxygens (including phenoxy) is 2. The first kappa shape index (κ1) is 29.3. The number of hydrogen-bond acceptors (Lipinski definition) is 3. The highest BCUT2D eigenvalue weighted by atomic mass is 16.7.